The van der Waals surface area contributed by atoms with Crippen molar-refractivity contribution in [3.8, 4) is 0 Å². The van der Waals surface area contributed by atoms with E-state index in [0.29, 0.717) is 0 Å². The molecule has 98 valence electrons. The van der Waals surface area contributed by atoms with Crippen LogP contribution in [-0.4, -0.2) is 29.3 Å². The Morgan fingerprint density at radius 2 is 2.18 bits per heavy atom. The predicted octanol–water partition coefficient (Wildman–Crippen LogP) is 2.20. The van der Waals surface area contributed by atoms with Crippen LogP contribution in [0.4, 0.5) is 0 Å². The van der Waals surface area contributed by atoms with Gasteiger partial charge >= 0.3 is 0 Å². The van der Waals surface area contributed by atoms with E-state index in [4.69, 9.17) is 4.74 Å². The second kappa shape index (κ2) is 9.19. The number of ether oxygens (including phenoxy) is 1. The standard InChI is InChI=1S/C13H25N3O/c1-3-6-14-10-13-11-15-12-16(13)7-5-9-17-8-4-2/h11-12,14H,3-10H2,1-2H3. The Morgan fingerprint density at radius 3 is 2.94 bits per heavy atom. The molecule has 0 aromatic carbocycles. The Labute approximate surface area is 104 Å². The molecule has 4 heteroatoms. The number of aryl methyl sites for hydroxylation is 1. The van der Waals surface area contributed by atoms with Crippen LogP contribution in [0.15, 0.2) is 12.5 Å². The summed E-state index contributed by atoms with van der Waals surface area (Å²) < 4.78 is 7.68. The van der Waals surface area contributed by atoms with Gasteiger partial charge < -0.3 is 14.6 Å². The summed E-state index contributed by atoms with van der Waals surface area (Å²) in [4.78, 5) is 4.20. The Hall–Kier alpha value is -0.870. The van der Waals surface area contributed by atoms with Crippen LogP contribution in [0, 0.1) is 0 Å². The molecule has 0 saturated heterocycles. The number of nitrogens with one attached hydrogen (secondary N) is 1. The number of nitrogens with zero attached hydrogens (tertiary/aromatic N) is 2. The molecule has 0 aliphatic carbocycles. The number of hydrogen-bond donors (Lipinski definition) is 1. The van der Waals surface area contributed by atoms with Crippen LogP contribution in [0.25, 0.3) is 0 Å². The van der Waals surface area contributed by atoms with E-state index in [2.05, 4.69) is 28.7 Å². The Bertz CT molecular complexity index is 286. The number of rotatable bonds is 10. The third-order valence-electron chi connectivity index (χ3n) is 2.57. The Morgan fingerprint density at radius 1 is 1.29 bits per heavy atom. The Kier molecular flexibility index (Phi) is 7.67. The molecule has 0 saturated carbocycles. The number of imidazole rings is 1. The first-order chi connectivity index (χ1) is 8.38. The maximum absolute atomic E-state index is 5.47. The fourth-order valence-corrected chi connectivity index (χ4v) is 1.67. The molecule has 1 rings (SSSR count). The lowest BCUT2D eigenvalue weighted by Gasteiger charge is -2.09. The molecule has 17 heavy (non-hydrogen) atoms. The summed E-state index contributed by atoms with van der Waals surface area (Å²) in [5.41, 5.74) is 1.26. The van der Waals surface area contributed by atoms with Crippen LogP contribution < -0.4 is 5.32 Å². The van der Waals surface area contributed by atoms with Gasteiger partial charge in [0.05, 0.1) is 12.0 Å². The predicted molar refractivity (Wildman–Crippen MR) is 70.0 cm³/mol. The molecular formula is C13H25N3O. The molecule has 1 N–H and O–H groups in total. The van der Waals surface area contributed by atoms with Crippen LogP contribution >= 0.6 is 0 Å². The highest BCUT2D eigenvalue weighted by atomic mass is 16.5. The molecule has 1 aromatic rings. The second-order valence-corrected chi connectivity index (χ2v) is 4.22. The van der Waals surface area contributed by atoms with Crippen molar-refractivity contribution in [3.63, 3.8) is 0 Å². The van der Waals surface area contributed by atoms with Gasteiger partial charge in [-0.15, -0.1) is 0 Å². The van der Waals surface area contributed by atoms with E-state index >= 15 is 0 Å². The smallest absolute Gasteiger partial charge is 0.0948 e. The topological polar surface area (TPSA) is 39.1 Å². The van der Waals surface area contributed by atoms with Gasteiger partial charge in [-0.2, -0.15) is 0 Å². The van der Waals surface area contributed by atoms with Crippen LogP contribution in [-0.2, 0) is 17.8 Å². The first-order valence-corrected chi connectivity index (χ1v) is 6.66. The van der Waals surface area contributed by atoms with E-state index in [1.165, 1.54) is 12.1 Å². The van der Waals surface area contributed by atoms with E-state index in [0.717, 1.165) is 45.7 Å². The second-order valence-electron chi connectivity index (χ2n) is 4.22. The SMILES string of the molecule is CCCNCc1cncn1CCCOCCC. The number of hydrogen-bond acceptors (Lipinski definition) is 3. The van der Waals surface area contributed by atoms with Gasteiger partial charge in [0.2, 0.25) is 0 Å². The Balaban J connectivity index is 2.20. The normalized spacial score (nSPS) is 10.9. The average molecular weight is 239 g/mol. The molecule has 1 heterocycles. The highest BCUT2D eigenvalue weighted by molar-refractivity contribution is 4.97. The quantitative estimate of drug-likeness (QED) is 0.636. The summed E-state index contributed by atoms with van der Waals surface area (Å²) >= 11 is 0. The minimum atomic E-state index is 0.841. The van der Waals surface area contributed by atoms with Gasteiger partial charge in [0.15, 0.2) is 0 Å². The van der Waals surface area contributed by atoms with Gasteiger partial charge in [-0.05, 0) is 25.8 Å². The van der Waals surface area contributed by atoms with Crippen molar-refractivity contribution in [2.75, 3.05) is 19.8 Å². The van der Waals surface area contributed by atoms with Gasteiger partial charge in [0.25, 0.3) is 0 Å². The average Bonchev–Trinajstić information content (AvgIpc) is 2.77. The molecule has 0 bridgehead atoms. The largest absolute Gasteiger partial charge is 0.381 e. The monoisotopic (exact) mass is 239 g/mol. The van der Waals surface area contributed by atoms with E-state index in [9.17, 15) is 0 Å². The van der Waals surface area contributed by atoms with Crippen molar-refractivity contribution >= 4 is 0 Å². The molecule has 1 aromatic heterocycles. The van der Waals surface area contributed by atoms with Crippen LogP contribution in [0.2, 0.25) is 0 Å². The van der Waals surface area contributed by atoms with Gasteiger partial charge in [0, 0.05) is 32.5 Å². The summed E-state index contributed by atoms with van der Waals surface area (Å²) in [6.45, 7) is 8.98. The summed E-state index contributed by atoms with van der Waals surface area (Å²) in [7, 11) is 0. The molecule has 0 fully saturated rings. The lowest BCUT2D eigenvalue weighted by Crippen LogP contribution is -2.17. The highest BCUT2D eigenvalue weighted by Gasteiger charge is 2.00. The van der Waals surface area contributed by atoms with Gasteiger partial charge in [-0.1, -0.05) is 13.8 Å². The molecule has 4 nitrogen and oxygen atoms in total. The third-order valence-corrected chi connectivity index (χ3v) is 2.57. The minimum absolute atomic E-state index is 0.841. The molecule has 0 amide bonds. The molecular weight excluding hydrogens is 214 g/mol. The molecule has 0 atom stereocenters. The summed E-state index contributed by atoms with van der Waals surface area (Å²) in [5.74, 6) is 0. The zero-order valence-corrected chi connectivity index (χ0v) is 11.1. The van der Waals surface area contributed by atoms with E-state index < -0.39 is 0 Å². The summed E-state index contributed by atoms with van der Waals surface area (Å²) in [5, 5.41) is 3.40. The maximum Gasteiger partial charge on any atom is 0.0948 e. The van der Waals surface area contributed by atoms with Gasteiger partial charge in [-0.25, -0.2) is 4.98 Å². The highest BCUT2D eigenvalue weighted by Crippen LogP contribution is 2.01. The third kappa shape index (κ3) is 5.84. The van der Waals surface area contributed by atoms with Crippen molar-refractivity contribution < 1.29 is 4.74 Å². The van der Waals surface area contributed by atoms with Crippen molar-refractivity contribution in [1.29, 1.82) is 0 Å². The number of aromatic nitrogens is 2. The first-order valence-electron chi connectivity index (χ1n) is 6.66. The van der Waals surface area contributed by atoms with Crippen molar-refractivity contribution in [2.45, 2.75) is 46.2 Å². The van der Waals surface area contributed by atoms with Crippen molar-refractivity contribution in [3.05, 3.63) is 18.2 Å². The van der Waals surface area contributed by atoms with Crippen molar-refractivity contribution in [2.24, 2.45) is 0 Å². The fourth-order valence-electron chi connectivity index (χ4n) is 1.67. The first kappa shape index (κ1) is 14.2. The van der Waals surface area contributed by atoms with Gasteiger partial charge in [0.1, 0.15) is 0 Å². The van der Waals surface area contributed by atoms with E-state index in [-0.39, 0.29) is 0 Å². The van der Waals surface area contributed by atoms with E-state index in [1.54, 1.807) is 0 Å². The maximum atomic E-state index is 5.47. The summed E-state index contributed by atoms with van der Waals surface area (Å²) in [6, 6.07) is 0. The molecule has 0 aliphatic heterocycles. The van der Waals surface area contributed by atoms with Crippen molar-refractivity contribution in [1.82, 2.24) is 14.9 Å². The molecule has 0 aliphatic rings. The minimum Gasteiger partial charge on any atom is -0.381 e. The van der Waals surface area contributed by atoms with Crippen LogP contribution in [0.3, 0.4) is 0 Å². The fraction of sp³-hybridized carbons (Fsp3) is 0.769. The lowest BCUT2D eigenvalue weighted by atomic mass is 10.4. The van der Waals surface area contributed by atoms with Gasteiger partial charge in [-0.3, -0.25) is 0 Å². The zero-order valence-electron chi connectivity index (χ0n) is 11.1. The zero-order chi connectivity index (χ0) is 12.3. The van der Waals surface area contributed by atoms with Crippen LogP contribution in [0.5, 0.6) is 0 Å². The molecule has 0 radical (unpaired) electrons. The molecule has 0 unspecified atom stereocenters. The summed E-state index contributed by atoms with van der Waals surface area (Å²) in [6.07, 6.45) is 7.16. The molecule has 0 spiro atoms. The van der Waals surface area contributed by atoms with E-state index in [1.807, 2.05) is 12.5 Å². The van der Waals surface area contributed by atoms with Crippen LogP contribution in [0.1, 0.15) is 38.8 Å². The lowest BCUT2D eigenvalue weighted by molar-refractivity contribution is 0.129.